The fourth-order valence-corrected chi connectivity index (χ4v) is 3.36. The monoisotopic (exact) mass is 311 g/mol. The average Bonchev–Trinajstić information content (AvgIpc) is 2.73. The minimum absolute atomic E-state index is 0.238. The van der Waals surface area contributed by atoms with Crippen molar-refractivity contribution in [2.24, 2.45) is 0 Å². The van der Waals surface area contributed by atoms with Crippen LogP contribution < -0.4 is 0 Å². The van der Waals surface area contributed by atoms with E-state index in [4.69, 9.17) is 4.74 Å². The van der Waals surface area contributed by atoms with E-state index in [-0.39, 0.29) is 6.10 Å². The van der Waals surface area contributed by atoms with Gasteiger partial charge in [-0.05, 0) is 29.7 Å². The lowest BCUT2D eigenvalue weighted by Crippen LogP contribution is -2.24. The van der Waals surface area contributed by atoms with E-state index in [1.807, 2.05) is 30.3 Å². The molecule has 1 aromatic carbocycles. The number of hydrogen-bond donors (Lipinski definition) is 1. The summed E-state index contributed by atoms with van der Waals surface area (Å²) in [7, 11) is 0. The largest absolute Gasteiger partial charge is 0.386 e. The van der Waals surface area contributed by atoms with Gasteiger partial charge in [-0.3, -0.25) is 4.98 Å². The Balaban J connectivity index is 1.84. The molecule has 3 nitrogen and oxygen atoms in total. The average molecular weight is 311 g/mol. The zero-order valence-electron chi connectivity index (χ0n) is 13.7. The van der Waals surface area contributed by atoms with Crippen LogP contribution in [0.5, 0.6) is 0 Å². The summed E-state index contributed by atoms with van der Waals surface area (Å²) in [6, 6.07) is 14.1. The summed E-state index contributed by atoms with van der Waals surface area (Å²) in [5, 5.41) is 10.9. The number of fused-ring (bicyclic) bond motifs is 1. The highest BCUT2D eigenvalue weighted by Crippen LogP contribution is 2.36. The van der Waals surface area contributed by atoms with Gasteiger partial charge in [0.2, 0.25) is 0 Å². The molecule has 122 valence electrons. The predicted octanol–water partition coefficient (Wildman–Crippen LogP) is 4.03. The molecule has 0 fully saturated rings. The fourth-order valence-electron chi connectivity index (χ4n) is 3.36. The van der Waals surface area contributed by atoms with E-state index in [1.54, 1.807) is 6.20 Å². The van der Waals surface area contributed by atoms with Crippen LogP contribution in [0.4, 0.5) is 0 Å². The van der Waals surface area contributed by atoms with E-state index >= 15 is 0 Å². The molecule has 0 bridgehead atoms. The van der Waals surface area contributed by atoms with Crippen LogP contribution in [0.3, 0.4) is 0 Å². The third-order valence-corrected chi connectivity index (χ3v) is 4.66. The minimum atomic E-state index is -0.597. The maximum Gasteiger partial charge on any atom is 0.106 e. The maximum absolute atomic E-state index is 10.9. The van der Waals surface area contributed by atoms with Crippen molar-refractivity contribution in [1.82, 2.24) is 4.98 Å². The predicted molar refractivity (Wildman–Crippen MR) is 91.3 cm³/mol. The molecule has 0 radical (unpaired) electrons. The van der Waals surface area contributed by atoms with Crippen LogP contribution in [0.15, 0.2) is 48.7 Å². The van der Waals surface area contributed by atoms with Crippen LogP contribution in [0, 0.1) is 0 Å². The second kappa shape index (κ2) is 7.71. The number of benzene rings is 1. The third kappa shape index (κ3) is 3.80. The highest BCUT2D eigenvalue weighted by molar-refractivity contribution is 5.34. The molecule has 1 aromatic heterocycles. The number of nitrogens with zero attached hydrogens (tertiary/aromatic N) is 1. The molecule has 1 N–H and O–H groups in total. The van der Waals surface area contributed by atoms with Gasteiger partial charge in [-0.1, -0.05) is 50.1 Å². The van der Waals surface area contributed by atoms with Crippen LogP contribution in [0.25, 0.3) is 0 Å². The molecule has 2 aromatic rings. The quantitative estimate of drug-likeness (QED) is 0.906. The molecule has 0 saturated carbocycles. The first-order valence-electron chi connectivity index (χ1n) is 8.58. The molecule has 2 unspecified atom stereocenters. The second-order valence-corrected chi connectivity index (χ2v) is 6.31. The molecule has 0 aliphatic carbocycles. The van der Waals surface area contributed by atoms with Crippen LogP contribution in [0.1, 0.15) is 55.0 Å². The Morgan fingerprint density at radius 1 is 1.13 bits per heavy atom. The second-order valence-electron chi connectivity index (χ2n) is 6.31. The zero-order chi connectivity index (χ0) is 16.1. The van der Waals surface area contributed by atoms with Gasteiger partial charge in [-0.15, -0.1) is 0 Å². The zero-order valence-corrected chi connectivity index (χ0v) is 13.7. The Bertz CT molecular complexity index is 614. The smallest absolute Gasteiger partial charge is 0.106 e. The fraction of sp³-hybridized carbons (Fsp3) is 0.450. The Morgan fingerprint density at radius 2 is 1.91 bits per heavy atom. The number of aliphatic hydroxyl groups excluding tert-OH is 1. The van der Waals surface area contributed by atoms with E-state index in [1.165, 1.54) is 18.4 Å². The number of hydrogen-bond acceptors (Lipinski definition) is 3. The van der Waals surface area contributed by atoms with Gasteiger partial charge in [-0.2, -0.15) is 0 Å². The molecule has 1 aliphatic heterocycles. The number of aliphatic hydroxyl groups is 1. The van der Waals surface area contributed by atoms with Crippen LogP contribution >= 0.6 is 0 Å². The highest BCUT2D eigenvalue weighted by atomic mass is 16.5. The molecular weight excluding hydrogens is 286 g/mol. The summed E-state index contributed by atoms with van der Waals surface area (Å²) in [6.07, 6.45) is 5.06. The highest BCUT2D eigenvalue weighted by Gasteiger charge is 2.31. The molecule has 0 saturated heterocycles. The standard InChI is InChI=1S/C20H25NO2/c1-2-3-8-15-14-23-19(13-16-9-6-7-12-21-16)20(22)18-11-5-4-10-17(15)18/h4-7,9-12,15,19-20,22H,2-3,8,13-14H2,1H3/t15?,19?,20-/m0/s1. The first-order chi connectivity index (χ1) is 11.3. The Kier molecular flexibility index (Phi) is 5.42. The van der Waals surface area contributed by atoms with Crippen molar-refractivity contribution in [3.63, 3.8) is 0 Å². The Morgan fingerprint density at radius 3 is 2.65 bits per heavy atom. The number of ether oxygens (including phenoxy) is 1. The van der Waals surface area contributed by atoms with Crippen LogP contribution in [-0.4, -0.2) is 22.8 Å². The van der Waals surface area contributed by atoms with E-state index < -0.39 is 6.10 Å². The lowest BCUT2D eigenvalue weighted by molar-refractivity contribution is -0.0364. The minimum Gasteiger partial charge on any atom is -0.386 e. The Hall–Kier alpha value is -1.71. The van der Waals surface area contributed by atoms with Gasteiger partial charge >= 0.3 is 0 Å². The molecule has 2 heterocycles. The van der Waals surface area contributed by atoms with Crippen molar-refractivity contribution >= 4 is 0 Å². The molecule has 3 atom stereocenters. The van der Waals surface area contributed by atoms with Crippen molar-refractivity contribution in [3.8, 4) is 0 Å². The third-order valence-electron chi connectivity index (χ3n) is 4.66. The maximum atomic E-state index is 10.9. The lowest BCUT2D eigenvalue weighted by atomic mass is 9.88. The van der Waals surface area contributed by atoms with Crippen LogP contribution in [0.2, 0.25) is 0 Å². The van der Waals surface area contributed by atoms with E-state index in [0.29, 0.717) is 18.9 Å². The van der Waals surface area contributed by atoms with Gasteiger partial charge in [0.05, 0.1) is 12.7 Å². The van der Waals surface area contributed by atoms with E-state index in [9.17, 15) is 5.11 Å². The van der Waals surface area contributed by atoms with E-state index in [0.717, 1.165) is 17.7 Å². The lowest BCUT2D eigenvalue weighted by Gasteiger charge is -2.21. The molecular formula is C20H25NO2. The topological polar surface area (TPSA) is 42.4 Å². The summed E-state index contributed by atoms with van der Waals surface area (Å²) in [4.78, 5) is 4.37. The van der Waals surface area contributed by atoms with Crippen molar-refractivity contribution in [2.75, 3.05) is 6.61 Å². The van der Waals surface area contributed by atoms with Gasteiger partial charge < -0.3 is 9.84 Å². The van der Waals surface area contributed by atoms with Gasteiger partial charge in [-0.25, -0.2) is 0 Å². The van der Waals surface area contributed by atoms with Gasteiger partial charge in [0.1, 0.15) is 6.10 Å². The normalized spacial score (nSPS) is 24.0. The number of pyridine rings is 1. The first kappa shape index (κ1) is 16.2. The number of rotatable bonds is 5. The molecule has 1 aliphatic rings. The summed E-state index contributed by atoms with van der Waals surface area (Å²) in [6.45, 7) is 2.88. The van der Waals surface area contributed by atoms with Crippen LogP contribution in [-0.2, 0) is 11.2 Å². The summed E-state index contributed by atoms with van der Waals surface area (Å²) in [5.41, 5.74) is 3.23. The molecule has 3 rings (SSSR count). The van der Waals surface area contributed by atoms with Crippen molar-refractivity contribution < 1.29 is 9.84 Å². The number of unbranched alkanes of at least 4 members (excludes halogenated alkanes) is 1. The molecule has 0 spiro atoms. The SMILES string of the molecule is CCCCC1COC(Cc2ccccn2)[C@@H](O)c2ccccc21. The van der Waals surface area contributed by atoms with Gasteiger partial charge in [0.25, 0.3) is 0 Å². The van der Waals surface area contributed by atoms with E-state index in [2.05, 4.69) is 24.0 Å². The van der Waals surface area contributed by atoms with Gasteiger partial charge in [0.15, 0.2) is 0 Å². The molecule has 23 heavy (non-hydrogen) atoms. The number of aromatic nitrogens is 1. The van der Waals surface area contributed by atoms with Crippen molar-refractivity contribution in [2.45, 2.75) is 50.7 Å². The summed E-state index contributed by atoms with van der Waals surface area (Å²) < 4.78 is 6.12. The molecule has 3 heteroatoms. The summed E-state index contributed by atoms with van der Waals surface area (Å²) >= 11 is 0. The molecule has 0 amide bonds. The Labute approximate surface area is 138 Å². The van der Waals surface area contributed by atoms with Crippen molar-refractivity contribution in [3.05, 3.63) is 65.5 Å². The first-order valence-corrected chi connectivity index (χ1v) is 8.58. The van der Waals surface area contributed by atoms with Gasteiger partial charge in [0, 0.05) is 24.2 Å². The summed E-state index contributed by atoms with van der Waals surface area (Å²) in [5.74, 6) is 0.370. The van der Waals surface area contributed by atoms with Crippen molar-refractivity contribution in [1.29, 1.82) is 0 Å².